The fraction of sp³-hybridized carbons (Fsp3) is 0.870. The minimum atomic E-state index is 0.750. The lowest BCUT2D eigenvalue weighted by Crippen LogP contribution is -1.87. The zero-order valence-electron chi connectivity index (χ0n) is 17.2. The van der Waals surface area contributed by atoms with E-state index in [-0.39, 0.29) is 0 Å². The van der Waals surface area contributed by atoms with Gasteiger partial charge in [-0.1, -0.05) is 124 Å². The lowest BCUT2D eigenvalue weighted by molar-refractivity contribution is 0.282. The number of hydrogen-bond donors (Lipinski definition) is 0. The molecule has 0 N–H and O–H groups in total. The van der Waals surface area contributed by atoms with Crippen molar-refractivity contribution in [1.82, 2.24) is 0 Å². The Morgan fingerprint density at radius 2 is 1.12 bits per heavy atom. The molecule has 0 aromatic heterocycles. The summed E-state index contributed by atoms with van der Waals surface area (Å²) < 4.78 is 0. The van der Waals surface area contributed by atoms with E-state index in [9.17, 15) is 0 Å². The van der Waals surface area contributed by atoms with Gasteiger partial charge in [-0.05, 0) is 18.3 Å². The van der Waals surface area contributed by atoms with Gasteiger partial charge in [0.05, 0.1) is 7.11 Å². The molecule has 0 atom stereocenters. The van der Waals surface area contributed by atoms with Crippen LogP contribution in [0.1, 0.15) is 110 Å². The van der Waals surface area contributed by atoms with Gasteiger partial charge in [0.25, 0.3) is 0 Å². The summed E-state index contributed by atoms with van der Waals surface area (Å²) in [6, 6.07) is 0. The van der Waals surface area contributed by atoms with Crippen LogP contribution in [0.15, 0.2) is 0 Å². The van der Waals surface area contributed by atoms with Gasteiger partial charge < -0.3 is 0 Å². The summed E-state index contributed by atoms with van der Waals surface area (Å²) in [4.78, 5) is 0. The predicted octanol–water partition coefficient (Wildman–Crippen LogP) is 8.03. The standard InChI is InChI=1S/2C6H11.C5H10.C5H11.CH3O/c1-6-4-2-3-5-6;1-2-4-6-5-3-1;1-2-4-5-3-1;1-4-5(2)3;1-2/h6H,1-5H2;1H,2-6H2;1-5H2;5H,1,4H2,2-3H3;1H3. The van der Waals surface area contributed by atoms with Crippen LogP contribution in [0.5, 0.6) is 0 Å². The van der Waals surface area contributed by atoms with Gasteiger partial charge in [0.1, 0.15) is 0 Å². The Hall–Kier alpha value is -0.0400. The molecule has 4 radical (unpaired) electrons. The Balaban J connectivity index is 0. The summed E-state index contributed by atoms with van der Waals surface area (Å²) in [6.45, 7) is 11.9. The summed E-state index contributed by atoms with van der Waals surface area (Å²) in [5.41, 5.74) is 0. The molecule has 3 saturated carbocycles. The van der Waals surface area contributed by atoms with Gasteiger partial charge in [0.15, 0.2) is 0 Å². The highest BCUT2D eigenvalue weighted by molar-refractivity contribution is 4.69. The van der Waals surface area contributed by atoms with Crippen LogP contribution >= 0.6 is 0 Å². The second-order valence-corrected chi connectivity index (χ2v) is 7.53. The van der Waals surface area contributed by atoms with Crippen molar-refractivity contribution in [3.63, 3.8) is 0 Å². The molecule has 0 heterocycles. The second kappa shape index (κ2) is 23.0. The average Bonchev–Trinajstić information content (AvgIpc) is 3.36. The van der Waals surface area contributed by atoms with Crippen LogP contribution in [0.3, 0.4) is 0 Å². The van der Waals surface area contributed by atoms with Crippen LogP contribution in [-0.2, 0) is 5.11 Å². The number of rotatable bonds is 1. The highest BCUT2D eigenvalue weighted by Crippen LogP contribution is 2.22. The van der Waals surface area contributed by atoms with E-state index < -0.39 is 0 Å². The normalized spacial score (nSPS) is 19.6. The van der Waals surface area contributed by atoms with Crippen molar-refractivity contribution in [2.75, 3.05) is 7.11 Å². The third-order valence-electron chi connectivity index (χ3n) is 4.62. The van der Waals surface area contributed by atoms with Crippen LogP contribution in [0.25, 0.3) is 0 Å². The molecular weight excluding hydrogens is 292 g/mol. The maximum atomic E-state index is 8.25. The average molecular weight is 339 g/mol. The fourth-order valence-electron chi connectivity index (χ4n) is 2.79. The van der Waals surface area contributed by atoms with Crippen LogP contribution < -0.4 is 0 Å². The van der Waals surface area contributed by atoms with Gasteiger partial charge in [-0.2, -0.15) is 0 Å². The van der Waals surface area contributed by atoms with Gasteiger partial charge in [0, 0.05) is 0 Å². The molecule has 0 unspecified atom stereocenters. The van der Waals surface area contributed by atoms with E-state index in [0.717, 1.165) is 25.4 Å². The molecular formula is C23H46O. The van der Waals surface area contributed by atoms with E-state index >= 15 is 0 Å². The zero-order valence-corrected chi connectivity index (χ0v) is 17.2. The van der Waals surface area contributed by atoms with Gasteiger partial charge in [-0.25, -0.2) is 5.11 Å². The Morgan fingerprint density at radius 1 is 0.792 bits per heavy atom. The summed E-state index contributed by atoms with van der Waals surface area (Å²) >= 11 is 0. The van der Waals surface area contributed by atoms with Crippen LogP contribution in [0.4, 0.5) is 0 Å². The molecule has 0 aromatic rings. The molecule has 0 aliphatic heterocycles. The van der Waals surface area contributed by atoms with Gasteiger partial charge >= 0.3 is 0 Å². The first-order valence-corrected chi connectivity index (χ1v) is 10.5. The van der Waals surface area contributed by atoms with E-state index in [2.05, 4.69) is 34.1 Å². The second-order valence-electron chi connectivity index (χ2n) is 7.53. The summed E-state index contributed by atoms with van der Waals surface area (Å²) in [5, 5.41) is 8.25. The van der Waals surface area contributed by atoms with Crippen molar-refractivity contribution in [2.24, 2.45) is 11.8 Å². The molecule has 3 aliphatic carbocycles. The lowest BCUT2D eigenvalue weighted by Gasteiger charge is -2.05. The number of hydrogen-bond acceptors (Lipinski definition) is 0. The Labute approximate surface area is 155 Å². The van der Waals surface area contributed by atoms with Crippen LogP contribution in [0.2, 0.25) is 0 Å². The van der Waals surface area contributed by atoms with E-state index in [1.165, 1.54) is 89.9 Å². The molecule has 0 bridgehead atoms. The van der Waals surface area contributed by atoms with Crippen molar-refractivity contribution in [1.29, 1.82) is 0 Å². The van der Waals surface area contributed by atoms with Gasteiger partial charge in [-0.3, -0.25) is 0 Å². The molecule has 1 heteroatoms. The van der Waals surface area contributed by atoms with Crippen molar-refractivity contribution >= 4 is 0 Å². The minimum absolute atomic E-state index is 0.750. The summed E-state index contributed by atoms with van der Waals surface area (Å²) in [6.07, 6.45) is 23.7. The highest BCUT2D eigenvalue weighted by atomic mass is 16.2. The molecule has 144 valence electrons. The zero-order chi connectivity index (χ0) is 18.5. The maximum Gasteiger partial charge on any atom is 0.0712 e. The van der Waals surface area contributed by atoms with Gasteiger partial charge in [0.2, 0.25) is 0 Å². The Bertz CT molecular complexity index is 167. The monoisotopic (exact) mass is 338 g/mol. The first-order valence-electron chi connectivity index (χ1n) is 10.5. The van der Waals surface area contributed by atoms with Gasteiger partial charge in [-0.15, -0.1) is 0 Å². The molecule has 3 rings (SSSR count). The van der Waals surface area contributed by atoms with Crippen molar-refractivity contribution in [3.05, 3.63) is 20.3 Å². The lowest BCUT2D eigenvalue weighted by atomic mass is 10.0. The molecule has 0 aromatic carbocycles. The first-order chi connectivity index (χ1) is 11.7. The molecule has 0 spiro atoms. The highest BCUT2D eigenvalue weighted by Gasteiger charge is 2.07. The predicted molar refractivity (Wildman–Crippen MR) is 109 cm³/mol. The third kappa shape index (κ3) is 24.2. The smallest absolute Gasteiger partial charge is 0.0712 e. The molecule has 0 saturated heterocycles. The fourth-order valence-corrected chi connectivity index (χ4v) is 2.79. The van der Waals surface area contributed by atoms with Crippen molar-refractivity contribution in [3.8, 4) is 0 Å². The SMILES string of the molecule is C1CCCC1.C[O].[CH2]C1CCCC1.[CH2]CC(C)C.[CH]1CCCCC1. The van der Waals surface area contributed by atoms with Crippen molar-refractivity contribution < 1.29 is 5.11 Å². The third-order valence-corrected chi connectivity index (χ3v) is 4.62. The largest absolute Gasteiger partial charge is 0.240 e. The van der Waals surface area contributed by atoms with E-state index in [1.54, 1.807) is 0 Å². The van der Waals surface area contributed by atoms with E-state index in [4.69, 9.17) is 5.11 Å². The molecule has 0 amide bonds. The van der Waals surface area contributed by atoms with Crippen molar-refractivity contribution in [2.45, 2.75) is 110 Å². The Morgan fingerprint density at radius 3 is 1.25 bits per heavy atom. The minimum Gasteiger partial charge on any atom is -0.240 e. The Kier molecular flexibility index (Phi) is 25.1. The quantitative estimate of drug-likeness (QED) is 0.461. The first kappa shape index (κ1) is 26.2. The topological polar surface area (TPSA) is 19.9 Å². The summed E-state index contributed by atoms with van der Waals surface area (Å²) in [5.74, 6) is 1.57. The van der Waals surface area contributed by atoms with Crippen LogP contribution in [-0.4, -0.2) is 7.11 Å². The van der Waals surface area contributed by atoms with E-state index in [1.807, 2.05) is 0 Å². The van der Waals surface area contributed by atoms with Crippen LogP contribution in [0, 0.1) is 32.1 Å². The summed E-state index contributed by atoms with van der Waals surface area (Å²) in [7, 11) is 0.750. The molecule has 3 fully saturated rings. The molecule has 1 nitrogen and oxygen atoms in total. The van der Waals surface area contributed by atoms with E-state index in [0.29, 0.717) is 0 Å². The molecule has 24 heavy (non-hydrogen) atoms. The molecule has 3 aliphatic rings. The maximum absolute atomic E-state index is 8.25.